The molecule has 2 heteroatoms. The summed E-state index contributed by atoms with van der Waals surface area (Å²) >= 11 is 0. The molecule has 0 radical (unpaired) electrons. The summed E-state index contributed by atoms with van der Waals surface area (Å²) in [7, 11) is 0. The highest BCUT2D eigenvalue weighted by Gasteiger charge is 2.21. The number of nitrogens with zero attached hydrogens (tertiary/aromatic N) is 1. The lowest BCUT2D eigenvalue weighted by atomic mass is 9.78. The van der Waals surface area contributed by atoms with Crippen LogP contribution in [0.25, 0.3) is 0 Å². The van der Waals surface area contributed by atoms with Crippen molar-refractivity contribution in [1.82, 2.24) is 0 Å². The topological polar surface area (TPSA) is 23.8 Å². The number of rotatable bonds is 7. The summed E-state index contributed by atoms with van der Waals surface area (Å²) in [5.41, 5.74) is 0. The zero-order valence-corrected chi connectivity index (χ0v) is 15.8. The van der Waals surface area contributed by atoms with Crippen molar-refractivity contribution in [3.05, 3.63) is 36.2 Å². The molecular formula is C23H34FN. The van der Waals surface area contributed by atoms with Gasteiger partial charge in [-0.15, -0.1) is 0 Å². The molecule has 1 nitrogen and oxygen atoms in total. The van der Waals surface area contributed by atoms with Gasteiger partial charge < -0.3 is 0 Å². The van der Waals surface area contributed by atoms with Crippen LogP contribution in [0.15, 0.2) is 36.2 Å². The third kappa shape index (κ3) is 7.59. The number of allylic oxidation sites excluding steroid dienone is 6. The Morgan fingerprint density at radius 3 is 2.04 bits per heavy atom. The zero-order valence-electron chi connectivity index (χ0n) is 15.8. The second kappa shape index (κ2) is 11.3. The average molecular weight is 344 g/mol. The van der Waals surface area contributed by atoms with Gasteiger partial charge in [-0.1, -0.05) is 37.6 Å². The van der Waals surface area contributed by atoms with Crippen molar-refractivity contribution in [3.8, 4) is 6.07 Å². The summed E-state index contributed by atoms with van der Waals surface area (Å²) in [4.78, 5) is 0. The zero-order chi connectivity index (χ0) is 17.9. The Labute approximate surface area is 153 Å². The molecule has 2 rings (SSSR count). The molecule has 0 amide bonds. The smallest absolute Gasteiger partial charge is 0.195 e. The molecule has 0 N–H and O–H groups in total. The minimum Gasteiger partial charge on any atom is -0.195 e. The molecule has 2 aliphatic carbocycles. The second-order valence-electron chi connectivity index (χ2n) is 7.99. The lowest BCUT2D eigenvalue weighted by molar-refractivity contribution is 0.290. The molecule has 0 aromatic heterocycles. The first-order valence-electron chi connectivity index (χ1n) is 10.3. The van der Waals surface area contributed by atoms with Gasteiger partial charge in [-0.3, -0.25) is 0 Å². The minimum atomic E-state index is -0.716. The highest BCUT2D eigenvalue weighted by molar-refractivity contribution is 5.18. The van der Waals surface area contributed by atoms with Gasteiger partial charge in [-0.05, 0) is 94.0 Å². The van der Waals surface area contributed by atoms with Crippen molar-refractivity contribution >= 4 is 0 Å². The van der Waals surface area contributed by atoms with Crippen LogP contribution in [-0.2, 0) is 0 Å². The van der Waals surface area contributed by atoms with E-state index < -0.39 is 5.83 Å². The third-order valence-electron chi connectivity index (χ3n) is 6.24. The molecule has 0 aromatic rings. The van der Waals surface area contributed by atoms with Crippen LogP contribution in [0.1, 0.15) is 77.6 Å². The molecule has 0 saturated heterocycles. The third-order valence-corrected chi connectivity index (χ3v) is 6.24. The lowest BCUT2D eigenvalue weighted by Gasteiger charge is -2.28. The molecular weight excluding hydrogens is 309 g/mol. The Morgan fingerprint density at radius 1 is 0.960 bits per heavy atom. The first-order chi connectivity index (χ1) is 12.2. The summed E-state index contributed by atoms with van der Waals surface area (Å²) in [6, 6.07) is 1.49. The van der Waals surface area contributed by atoms with Crippen LogP contribution in [-0.4, -0.2) is 0 Å². The van der Waals surface area contributed by atoms with Gasteiger partial charge in [0.15, 0.2) is 5.83 Å². The molecule has 0 aliphatic heterocycles. The summed E-state index contributed by atoms with van der Waals surface area (Å²) in [5, 5.41) is 8.34. The Kier molecular flexibility index (Phi) is 9.02. The SMILES string of the molecule is CC[C@H]1CC[C@H](C=C[C@H]2CC[C@H](CCC=CC=C(F)C#N)CC2)CC1. The first-order valence-corrected chi connectivity index (χ1v) is 10.3. The molecule has 2 aliphatic rings. The average Bonchev–Trinajstić information content (AvgIpc) is 2.67. The largest absolute Gasteiger partial charge is 0.199 e. The molecule has 0 atom stereocenters. The van der Waals surface area contributed by atoms with Crippen molar-refractivity contribution in [2.45, 2.75) is 77.6 Å². The molecule has 0 aromatic carbocycles. The highest BCUT2D eigenvalue weighted by atomic mass is 19.1. The normalized spacial score (nSPS) is 31.5. The quantitative estimate of drug-likeness (QED) is 0.271. The van der Waals surface area contributed by atoms with Crippen LogP contribution in [0.2, 0.25) is 0 Å². The van der Waals surface area contributed by atoms with E-state index in [-0.39, 0.29) is 0 Å². The van der Waals surface area contributed by atoms with Crippen molar-refractivity contribution in [1.29, 1.82) is 5.26 Å². The van der Waals surface area contributed by atoms with E-state index in [1.165, 1.54) is 76.4 Å². The summed E-state index contributed by atoms with van der Waals surface area (Å²) < 4.78 is 12.6. The molecule has 0 bridgehead atoms. The van der Waals surface area contributed by atoms with E-state index in [0.29, 0.717) is 0 Å². The summed E-state index contributed by atoms with van der Waals surface area (Å²) in [6.07, 6.45) is 24.5. The maximum atomic E-state index is 12.6. The van der Waals surface area contributed by atoms with Crippen molar-refractivity contribution in [3.63, 3.8) is 0 Å². The van der Waals surface area contributed by atoms with E-state index >= 15 is 0 Å². The molecule has 0 unspecified atom stereocenters. The van der Waals surface area contributed by atoms with Gasteiger partial charge in [0.25, 0.3) is 0 Å². The monoisotopic (exact) mass is 343 g/mol. The number of halogens is 1. The Morgan fingerprint density at radius 2 is 1.52 bits per heavy atom. The second-order valence-corrected chi connectivity index (χ2v) is 7.99. The molecule has 0 heterocycles. The molecule has 2 fully saturated rings. The Hall–Kier alpha value is -1.36. The van der Waals surface area contributed by atoms with Gasteiger partial charge in [-0.2, -0.15) is 9.65 Å². The fourth-order valence-electron chi connectivity index (χ4n) is 4.39. The van der Waals surface area contributed by atoms with Gasteiger partial charge in [0.1, 0.15) is 6.07 Å². The van der Waals surface area contributed by atoms with Crippen LogP contribution in [0.4, 0.5) is 4.39 Å². The van der Waals surface area contributed by atoms with Gasteiger partial charge in [0.05, 0.1) is 0 Å². The lowest BCUT2D eigenvalue weighted by Crippen LogP contribution is -2.14. The number of hydrogen-bond acceptors (Lipinski definition) is 1. The number of nitriles is 1. The van der Waals surface area contributed by atoms with Gasteiger partial charge in [0.2, 0.25) is 0 Å². The van der Waals surface area contributed by atoms with E-state index in [1.54, 1.807) is 6.08 Å². The van der Waals surface area contributed by atoms with Crippen molar-refractivity contribution < 1.29 is 4.39 Å². The molecule has 25 heavy (non-hydrogen) atoms. The predicted molar refractivity (Wildman–Crippen MR) is 104 cm³/mol. The fourth-order valence-corrected chi connectivity index (χ4v) is 4.39. The van der Waals surface area contributed by atoms with Crippen LogP contribution in [0.3, 0.4) is 0 Å². The van der Waals surface area contributed by atoms with Gasteiger partial charge in [0, 0.05) is 0 Å². The molecule has 0 spiro atoms. The highest BCUT2D eigenvalue weighted by Crippen LogP contribution is 2.35. The standard InChI is InChI=1S/C23H34FN/c1-2-19-8-10-21(11-9-19)16-17-22-14-12-20(13-15-22)6-4-3-5-7-23(24)18-25/h3,5,7,16-17,19-22H,2,4,6,8-15H2,1H3/t19-,20-,21-,22-. The molecule has 138 valence electrons. The van der Waals surface area contributed by atoms with E-state index in [9.17, 15) is 4.39 Å². The van der Waals surface area contributed by atoms with Crippen molar-refractivity contribution in [2.75, 3.05) is 0 Å². The summed E-state index contributed by atoms with van der Waals surface area (Å²) in [6.45, 7) is 2.33. The van der Waals surface area contributed by atoms with Crippen LogP contribution in [0.5, 0.6) is 0 Å². The first kappa shape index (κ1) is 20.0. The van der Waals surface area contributed by atoms with E-state index in [1.807, 2.05) is 6.08 Å². The maximum Gasteiger partial charge on any atom is 0.199 e. The Bertz CT molecular complexity index is 495. The molecule has 2 saturated carbocycles. The van der Waals surface area contributed by atoms with Crippen LogP contribution in [0, 0.1) is 35.0 Å². The Balaban J connectivity index is 1.60. The maximum absolute atomic E-state index is 12.6. The van der Waals surface area contributed by atoms with E-state index in [4.69, 9.17) is 5.26 Å². The van der Waals surface area contributed by atoms with Crippen LogP contribution < -0.4 is 0 Å². The van der Waals surface area contributed by atoms with Crippen molar-refractivity contribution in [2.24, 2.45) is 23.7 Å². The van der Waals surface area contributed by atoms with Crippen LogP contribution >= 0.6 is 0 Å². The predicted octanol–water partition coefficient (Wildman–Crippen LogP) is 7.28. The van der Waals surface area contributed by atoms with E-state index in [2.05, 4.69) is 19.1 Å². The van der Waals surface area contributed by atoms with Gasteiger partial charge in [-0.25, -0.2) is 0 Å². The fraction of sp³-hybridized carbons (Fsp3) is 0.696. The van der Waals surface area contributed by atoms with Gasteiger partial charge >= 0.3 is 0 Å². The minimum absolute atomic E-state index is 0.716. The summed E-state index contributed by atoms with van der Waals surface area (Å²) in [5.74, 6) is 2.72. The number of hydrogen-bond donors (Lipinski definition) is 0. The van der Waals surface area contributed by atoms with E-state index in [0.717, 1.165) is 30.1 Å².